The van der Waals surface area contributed by atoms with Crippen molar-refractivity contribution in [1.82, 2.24) is 15.1 Å². The number of fused-ring (bicyclic) bond motifs is 2. The number of hydrogen-bond donors (Lipinski definition) is 1. The Hall–Kier alpha value is -1.13. The topological polar surface area (TPSA) is 44.8 Å². The van der Waals surface area contributed by atoms with Crippen LogP contribution in [0.5, 0.6) is 5.75 Å². The molecule has 3 heterocycles. The summed E-state index contributed by atoms with van der Waals surface area (Å²) in [6.07, 6.45) is 11.8. The number of rotatable bonds is 10. The van der Waals surface area contributed by atoms with Crippen LogP contribution in [0.1, 0.15) is 55.4 Å². The third-order valence-electron chi connectivity index (χ3n) is 8.94. The molecule has 1 aromatic carbocycles. The van der Waals surface area contributed by atoms with E-state index in [9.17, 15) is 4.79 Å². The van der Waals surface area contributed by atoms with Gasteiger partial charge in [-0.1, -0.05) is 49.0 Å². The van der Waals surface area contributed by atoms with Crippen molar-refractivity contribution < 1.29 is 9.53 Å². The molecule has 1 amide bonds. The molecule has 5 nitrogen and oxygen atoms in total. The van der Waals surface area contributed by atoms with Crippen LogP contribution in [0, 0.1) is 11.8 Å². The largest absolute Gasteiger partial charge is 0.497 e. The predicted molar refractivity (Wildman–Crippen MR) is 182 cm³/mol. The van der Waals surface area contributed by atoms with Crippen molar-refractivity contribution in [3.05, 3.63) is 45.7 Å². The van der Waals surface area contributed by atoms with Crippen LogP contribution in [-0.2, 0) is 11.2 Å². The molecule has 1 N–H and O–H groups in total. The van der Waals surface area contributed by atoms with Crippen LogP contribution in [0.2, 0.25) is 0 Å². The molecule has 3 atom stereocenters. The van der Waals surface area contributed by atoms with E-state index in [0.717, 1.165) is 58.8 Å². The predicted octanol–water partition coefficient (Wildman–Crippen LogP) is 7.28. The lowest BCUT2D eigenvalue weighted by atomic mass is 9.94. The molecular weight excluding hydrogens is 613 g/mol. The highest BCUT2D eigenvalue weighted by Gasteiger charge is 2.48. The number of amides is 1. The van der Waals surface area contributed by atoms with Gasteiger partial charge >= 0.3 is 0 Å². The number of nitrogens with zero attached hydrogens (tertiary/aromatic N) is 2. The summed E-state index contributed by atoms with van der Waals surface area (Å²) >= 11 is 9.05. The van der Waals surface area contributed by atoms with E-state index in [4.69, 9.17) is 17.0 Å². The Labute approximate surface area is 270 Å². The molecular formula is C31H41Cl2N3O2S3. The first kappa shape index (κ1) is 32.8. The van der Waals surface area contributed by atoms with Crippen molar-refractivity contribution >= 4 is 76.4 Å². The van der Waals surface area contributed by atoms with Crippen LogP contribution < -0.4 is 10.1 Å². The Morgan fingerprint density at radius 1 is 1.10 bits per heavy atom. The monoisotopic (exact) mass is 653 g/mol. The summed E-state index contributed by atoms with van der Waals surface area (Å²) in [6, 6.07) is 10.9. The lowest BCUT2D eigenvalue weighted by molar-refractivity contribution is -0.124. The second-order valence-corrected chi connectivity index (χ2v) is 14.2. The molecule has 2 aromatic rings. The van der Waals surface area contributed by atoms with Gasteiger partial charge in [-0.25, -0.2) is 0 Å². The molecule has 224 valence electrons. The van der Waals surface area contributed by atoms with Crippen molar-refractivity contribution in [2.24, 2.45) is 11.8 Å². The number of aryl methyl sites for hydroxylation is 1. The zero-order valence-electron chi connectivity index (χ0n) is 23.6. The fourth-order valence-electron chi connectivity index (χ4n) is 6.85. The number of nitrogens with one attached hydrogen (secondary N) is 1. The van der Waals surface area contributed by atoms with Crippen molar-refractivity contribution in [3.8, 4) is 16.2 Å². The van der Waals surface area contributed by atoms with Gasteiger partial charge in [-0.2, -0.15) is 0 Å². The van der Waals surface area contributed by atoms with Gasteiger partial charge in [-0.15, -0.1) is 36.2 Å². The third-order valence-corrected chi connectivity index (χ3v) is 11.4. The Kier molecular flexibility index (Phi) is 12.0. The normalized spacial score (nSPS) is 25.0. The van der Waals surface area contributed by atoms with Crippen molar-refractivity contribution in [1.29, 1.82) is 0 Å². The Morgan fingerprint density at radius 3 is 2.66 bits per heavy atom. The number of ether oxygens (including phenoxy) is 1. The number of benzene rings is 1. The quantitative estimate of drug-likeness (QED) is 0.165. The minimum Gasteiger partial charge on any atom is -0.497 e. The van der Waals surface area contributed by atoms with Gasteiger partial charge < -0.3 is 15.0 Å². The van der Waals surface area contributed by atoms with E-state index in [2.05, 4.69) is 34.5 Å². The number of piperazine rings is 1. The standard InChI is InChI=1S/C31H39N3O2S3.2ClH/c1-36-25-8-5-7-23(18-25)27-19-24(6-3-2-4-13-33-14-11-32-12-15-33)28(38-27)20-29-30(35)34(31(37)39-29)26-17-21-9-10-22(26)16-21;;/h5,7-8,18-22,26,32H,2-4,6,9-17H2,1H3;2*1H/b29-20+;;. The molecule has 4 fully saturated rings. The number of thioether (sulfide) groups is 1. The molecule has 10 heteroatoms. The number of thiophene rings is 1. The molecule has 2 saturated heterocycles. The fraction of sp³-hybridized carbons (Fsp3) is 0.548. The number of unbranched alkanes of at least 4 members (excludes halogenated alkanes) is 2. The summed E-state index contributed by atoms with van der Waals surface area (Å²) in [5.41, 5.74) is 2.50. The smallest absolute Gasteiger partial charge is 0.266 e. The number of carbonyl (C=O) groups excluding carboxylic acids is 1. The lowest BCUT2D eigenvalue weighted by Gasteiger charge is -2.30. The van der Waals surface area contributed by atoms with Crippen LogP contribution in [0.4, 0.5) is 0 Å². The minimum absolute atomic E-state index is 0. The molecule has 2 aliphatic heterocycles. The highest BCUT2D eigenvalue weighted by molar-refractivity contribution is 8.26. The molecule has 4 aliphatic rings. The van der Waals surface area contributed by atoms with Gasteiger partial charge in [0, 0.05) is 42.0 Å². The maximum absolute atomic E-state index is 13.6. The number of carbonyl (C=O) groups is 1. The van der Waals surface area contributed by atoms with E-state index in [1.807, 2.05) is 17.0 Å². The molecule has 0 spiro atoms. The van der Waals surface area contributed by atoms with E-state index in [1.54, 1.807) is 18.4 Å². The van der Waals surface area contributed by atoms with Crippen LogP contribution in [-0.4, -0.2) is 65.9 Å². The SMILES string of the molecule is COc1cccc(-c2cc(CCCCCN3CCNCC3)c(/C=C3/SC(=S)N(C4CC5CCC4C5)C3=O)s2)c1.Cl.Cl. The number of halogens is 2. The van der Waals surface area contributed by atoms with Gasteiger partial charge in [0.1, 0.15) is 10.1 Å². The molecule has 1 aromatic heterocycles. The first-order valence-electron chi connectivity index (χ1n) is 14.6. The van der Waals surface area contributed by atoms with Gasteiger partial charge in [-0.3, -0.25) is 9.69 Å². The van der Waals surface area contributed by atoms with E-state index in [0.29, 0.717) is 12.0 Å². The summed E-state index contributed by atoms with van der Waals surface area (Å²) < 4.78 is 6.24. The van der Waals surface area contributed by atoms with Gasteiger partial charge in [0.05, 0.1) is 12.0 Å². The van der Waals surface area contributed by atoms with E-state index >= 15 is 0 Å². The fourth-order valence-corrected chi connectivity index (χ4v) is 9.43. The highest BCUT2D eigenvalue weighted by Crippen LogP contribution is 2.49. The molecule has 6 rings (SSSR count). The van der Waals surface area contributed by atoms with Crippen LogP contribution in [0.3, 0.4) is 0 Å². The van der Waals surface area contributed by atoms with Gasteiger partial charge in [-0.05, 0) is 92.3 Å². The van der Waals surface area contributed by atoms with E-state index in [1.165, 1.54) is 78.8 Å². The maximum Gasteiger partial charge on any atom is 0.266 e. The molecule has 2 aliphatic carbocycles. The Balaban J connectivity index is 0.00000194. The van der Waals surface area contributed by atoms with E-state index in [-0.39, 0.29) is 30.7 Å². The highest BCUT2D eigenvalue weighted by atomic mass is 35.5. The Morgan fingerprint density at radius 2 is 1.93 bits per heavy atom. The van der Waals surface area contributed by atoms with Gasteiger partial charge in [0.25, 0.3) is 5.91 Å². The van der Waals surface area contributed by atoms with E-state index < -0.39 is 0 Å². The zero-order valence-corrected chi connectivity index (χ0v) is 27.7. The second-order valence-electron chi connectivity index (χ2n) is 11.4. The van der Waals surface area contributed by atoms with Crippen molar-refractivity contribution in [3.63, 3.8) is 0 Å². The second kappa shape index (κ2) is 15.0. The maximum atomic E-state index is 13.6. The minimum atomic E-state index is 0. The first-order chi connectivity index (χ1) is 19.1. The van der Waals surface area contributed by atoms with Crippen LogP contribution >= 0.6 is 60.1 Å². The van der Waals surface area contributed by atoms with Gasteiger partial charge in [0.2, 0.25) is 0 Å². The number of methoxy groups -OCH3 is 1. The number of thiocarbonyl (C=S) groups is 1. The molecule has 0 radical (unpaired) electrons. The summed E-state index contributed by atoms with van der Waals surface area (Å²) in [6.45, 7) is 5.75. The number of hydrogen-bond acceptors (Lipinski definition) is 7. The summed E-state index contributed by atoms with van der Waals surface area (Å²) in [5, 5.41) is 3.44. The summed E-state index contributed by atoms with van der Waals surface area (Å²) in [4.78, 5) is 21.4. The lowest BCUT2D eigenvalue weighted by Crippen LogP contribution is -2.43. The van der Waals surface area contributed by atoms with Crippen molar-refractivity contribution in [2.75, 3.05) is 39.8 Å². The summed E-state index contributed by atoms with van der Waals surface area (Å²) in [7, 11) is 1.71. The zero-order chi connectivity index (χ0) is 26.8. The first-order valence-corrected chi connectivity index (χ1v) is 16.6. The molecule has 3 unspecified atom stereocenters. The molecule has 41 heavy (non-hydrogen) atoms. The Bertz CT molecular complexity index is 1250. The van der Waals surface area contributed by atoms with Gasteiger partial charge in [0.15, 0.2) is 0 Å². The third kappa shape index (κ3) is 7.51. The molecule has 2 saturated carbocycles. The average Bonchev–Trinajstić information content (AvgIpc) is 3.74. The summed E-state index contributed by atoms with van der Waals surface area (Å²) in [5.74, 6) is 2.41. The average molecular weight is 655 g/mol. The van der Waals surface area contributed by atoms with Crippen LogP contribution in [0.15, 0.2) is 35.2 Å². The van der Waals surface area contributed by atoms with Crippen molar-refractivity contribution in [2.45, 2.75) is 57.4 Å². The molecule has 2 bridgehead atoms. The van der Waals surface area contributed by atoms with Crippen LogP contribution in [0.25, 0.3) is 16.5 Å².